The van der Waals surface area contributed by atoms with Gasteiger partial charge in [0, 0.05) is 29.5 Å². The summed E-state index contributed by atoms with van der Waals surface area (Å²) in [6.07, 6.45) is 3.32. The first-order valence-electron chi connectivity index (χ1n) is 8.06. The number of carbonyl (C=O) groups excluding carboxylic acids is 1. The first-order chi connectivity index (χ1) is 11.9. The monoisotopic (exact) mass is 380 g/mol. The Balaban J connectivity index is 1.66. The zero-order valence-electron chi connectivity index (χ0n) is 13.8. The minimum atomic E-state index is -3.62. The van der Waals surface area contributed by atoms with Gasteiger partial charge in [-0.2, -0.15) is 0 Å². The molecule has 0 bridgehead atoms. The number of anilines is 1. The predicted octanol–water partition coefficient (Wildman–Crippen LogP) is 3.01. The Morgan fingerprint density at radius 2 is 2.20 bits per heavy atom. The molecule has 0 aliphatic carbocycles. The number of carbonyl (C=O) groups is 1. The number of nitrogens with one attached hydrogen (secondary N) is 2. The van der Waals surface area contributed by atoms with Gasteiger partial charge in [0.15, 0.2) is 0 Å². The molecule has 1 unspecified atom stereocenters. The van der Waals surface area contributed by atoms with Crippen LogP contribution in [0.25, 0.3) is 0 Å². The van der Waals surface area contributed by atoms with E-state index in [1.807, 2.05) is 19.1 Å². The first-order valence-corrected chi connectivity index (χ1v) is 10.4. The zero-order valence-corrected chi connectivity index (χ0v) is 15.5. The third-order valence-electron chi connectivity index (χ3n) is 3.81. The molecule has 134 valence electrons. The highest BCUT2D eigenvalue weighted by Crippen LogP contribution is 2.36. The van der Waals surface area contributed by atoms with E-state index in [1.54, 1.807) is 30.2 Å². The molecular formula is C17H20N2O4S2. The number of amides is 1. The van der Waals surface area contributed by atoms with Gasteiger partial charge in [-0.3, -0.25) is 4.79 Å². The van der Waals surface area contributed by atoms with Gasteiger partial charge in [0.05, 0.1) is 16.8 Å². The van der Waals surface area contributed by atoms with Crippen molar-refractivity contribution in [1.29, 1.82) is 0 Å². The third-order valence-corrected chi connectivity index (χ3v) is 6.45. The second-order valence-corrected chi connectivity index (χ2v) is 9.17. The SMILES string of the molecule is CC1CC(=O)Nc2cc(S(=O)(=O)NCCCc3ccco3)ccc2S1. The Kier molecular flexibility index (Phi) is 5.51. The molecule has 0 spiro atoms. The molecule has 0 radical (unpaired) electrons. The molecule has 1 atom stereocenters. The van der Waals surface area contributed by atoms with E-state index in [0.29, 0.717) is 31.5 Å². The summed E-state index contributed by atoms with van der Waals surface area (Å²) in [6.45, 7) is 2.29. The minimum absolute atomic E-state index is 0.0975. The lowest BCUT2D eigenvalue weighted by Crippen LogP contribution is -2.25. The van der Waals surface area contributed by atoms with Crippen LogP contribution in [0.4, 0.5) is 5.69 Å². The molecule has 1 aromatic heterocycles. The average molecular weight is 380 g/mol. The summed E-state index contributed by atoms with van der Waals surface area (Å²) in [5, 5.41) is 2.94. The number of aryl methyl sites for hydroxylation is 1. The maximum absolute atomic E-state index is 12.5. The zero-order chi connectivity index (χ0) is 17.9. The number of thioether (sulfide) groups is 1. The number of sulfonamides is 1. The van der Waals surface area contributed by atoms with Gasteiger partial charge in [0.1, 0.15) is 5.76 Å². The van der Waals surface area contributed by atoms with Crippen LogP contribution in [0.2, 0.25) is 0 Å². The summed E-state index contributed by atoms with van der Waals surface area (Å²) in [4.78, 5) is 12.9. The van der Waals surface area contributed by atoms with Crippen LogP contribution >= 0.6 is 11.8 Å². The number of rotatable bonds is 6. The second-order valence-electron chi connectivity index (χ2n) is 5.92. The molecule has 25 heavy (non-hydrogen) atoms. The molecular weight excluding hydrogens is 360 g/mol. The first kappa shape index (κ1) is 18.0. The second kappa shape index (κ2) is 7.63. The number of fused-ring (bicyclic) bond motifs is 1. The van der Waals surface area contributed by atoms with Crippen molar-refractivity contribution in [3.05, 3.63) is 42.4 Å². The van der Waals surface area contributed by atoms with Gasteiger partial charge in [-0.15, -0.1) is 11.8 Å². The number of benzene rings is 1. The maximum atomic E-state index is 12.5. The number of hydrogen-bond acceptors (Lipinski definition) is 5. The van der Waals surface area contributed by atoms with E-state index >= 15 is 0 Å². The summed E-state index contributed by atoms with van der Waals surface area (Å²) in [5.41, 5.74) is 0.554. The van der Waals surface area contributed by atoms with Gasteiger partial charge in [-0.25, -0.2) is 13.1 Å². The largest absolute Gasteiger partial charge is 0.469 e. The molecule has 0 saturated heterocycles. The summed E-state index contributed by atoms with van der Waals surface area (Å²) < 4.78 is 32.7. The lowest BCUT2D eigenvalue weighted by atomic mass is 10.2. The lowest BCUT2D eigenvalue weighted by molar-refractivity contribution is -0.116. The number of furan rings is 1. The average Bonchev–Trinajstić information content (AvgIpc) is 3.01. The fourth-order valence-electron chi connectivity index (χ4n) is 2.60. The van der Waals surface area contributed by atoms with Crippen molar-refractivity contribution in [3.63, 3.8) is 0 Å². The molecule has 1 amide bonds. The van der Waals surface area contributed by atoms with Gasteiger partial charge >= 0.3 is 0 Å². The van der Waals surface area contributed by atoms with Gasteiger partial charge in [0.25, 0.3) is 0 Å². The Bertz CT molecular complexity index is 848. The normalized spacial score (nSPS) is 17.6. The van der Waals surface area contributed by atoms with Gasteiger partial charge in [-0.05, 0) is 36.8 Å². The Morgan fingerprint density at radius 3 is 2.96 bits per heavy atom. The van der Waals surface area contributed by atoms with Crippen molar-refractivity contribution in [2.24, 2.45) is 0 Å². The summed E-state index contributed by atoms with van der Waals surface area (Å²) in [7, 11) is -3.62. The molecule has 1 aliphatic heterocycles. The maximum Gasteiger partial charge on any atom is 0.240 e. The van der Waals surface area contributed by atoms with Crippen molar-refractivity contribution in [3.8, 4) is 0 Å². The van der Waals surface area contributed by atoms with E-state index in [-0.39, 0.29) is 16.1 Å². The molecule has 1 aliphatic rings. The van der Waals surface area contributed by atoms with E-state index in [1.165, 1.54) is 6.07 Å². The van der Waals surface area contributed by atoms with Crippen molar-refractivity contribution in [2.75, 3.05) is 11.9 Å². The van der Waals surface area contributed by atoms with E-state index in [9.17, 15) is 13.2 Å². The highest BCUT2D eigenvalue weighted by Gasteiger charge is 2.22. The molecule has 2 heterocycles. The van der Waals surface area contributed by atoms with Crippen molar-refractivity contribution >= 4 is 33.4 Å². The van der Waals surface area contributed by atoms with Crippen LogP contribution in [0, 0.1) is 0 Å². The Labute approximate surface area is 151 Å². The third kappa shape index (κ3) is 4.65. The van der Waals surface area contributed by atoms with Crippen LogP contribution < -0.4 is 10.0 Å². The molecule has 3 rings (SSSR count). The molecule has 2 N–H and O–H groups in total. The van der Waals surface area contributed by atoms with E-state index in [4.69, 9.17) is 4.42 Å². The van der Waals surface area contributed by atoms with Crippen molar-refractivity contribution < 1.29 is 17.6 Å². The molecule has 1 aromatic carbocycles. The van der Waals surface area contributed by atoms with Gasteiger partial charge < -0.3 is 9.73 Å². The molecule has 2 aromatic rings. The van der Waals surface area contributed by atoms with Crippen molar-refractivity contribution in [1.82, 2.24) is 4.72 Å². The quantitative estimate of drug-likeness (QED) is 0.752. The predicted molar refractivity (Wildman–Crippen MR) is 97.2 cm³/mol. The highest BCUT2D eigenvalue weighted by molar-refractivity contribution is 8.00. The molecule has 0 fully saturated rings. The van der Waals surface area contributed by atoms with Gasteiger partial charge in [-0.1, -0.05) is 6.92 Å². The Morgan fingerprint density at radius 1 is 1.36 bits per heavy atom. The summed E-state index contributed by atoms with van der Waals surface area (Å²) in [5.74, 6) is 0.734. The molecule has 0 saturated carbocycles. The molecule has 6 nitrogen and oxygen atoms in total. The van der Waals surface area contributed by atoms with Crippen LogP contribution in [-0.2, 0) is 21.2 Å². The standard InChI is InChI=1S/C17H20N2O4S2/c1-12-10-17(20)19-15-11-14(6-7-16(15)24-12)25(21,22)18-8-2-4-13-5-3-9-23-13/h3,5-7,9,11-12,18H,2,4,8,10H2,1H3,(H,19,20). The van der Waals surface area contributed by atoms with Crippen LogP contribution in [0.1, 0.15) is 25.5 Å². The Hall–Kier alpha value is -1.77. The van der Waals surface area contributed by atoms with Gasteiger partial charge in [0.2, 0.25) is 15.9 Å². The van der Waals surface area contributed by atoms with Crippen LogP contribution in [-0.4, -0.2) is 26.1 Å². The fraction of sp³-hybridized carbons (Fsp3) is 0.353. The van der Waals surface area contributed by atoms with Crippen LogP contribution in [0.5, 0.6) is 0 Å². The topological polar surface area (TPSA) is 88.4 Å². The molecule has 8 heteroatoms. The summed E-state index contributed by atoms with van der Waals surface area (Å²) in [6, 6.07) is 8.52. The van der Waals surface area contributed by atoms with E-state index < -0.39 is 10.0 Å². The number of hydrogen-bond donors (Lipinski definition) is 2. The summed E-state index contributed by atoms with van der Waals surface area (Å²) >= 11 is 1.57. The van der Waals surface area contributed by atoms with Crippen molar-refractivity contribution in [2.45, 2.75) is 41.2 Å². The smallest absolute Gasteiger partial charge is 0.240 e. The lowest BCUT2D eigenvalue weighted by Gasteiger charge is -2.11. The minimum Gasteiger partial charge on any atom is -0.469 e. The highest BCUT2D eigenvalue weighted by atomic mass is 32.2. The van der Waals surface area contributed by atoms with Crippen LogP contribution in [0.15, 0.2) is 50.8 Å². The van der Waals surface area contributed by atoms with Crippen LogP contribution in [0.3, 0.4) is 0 Å². The van der Waals surface area contributed by atoms with E-state index in [0.717, 1.165) is 10.7 Å². The van der Waals surface area contributed by atoms with E-state index in [2.05, 4.69) is 10.0 Å². The fourth-order valence-corrected chi connectivity index (χ4v) is 4.76.